The molecule has 0 saturated carbocycles. The SMILES string of the molecule is O=C(CCN1CCC(OCc2ccccc2)CC1)N1CCNCC1. The molecule has 1 aromatic carbocycles. The van der Waals surface area contributed by atoms with E-state index in [0.29, 0.717) is 25.0 Å². The molecular weight excluding hydrogens is 302 g/mol. The standard InChI is InChI=1S/C19H29N3O2/c23-19(22-14-9-20-10-15-22)8-13-21-11-6-18(7-12-21)24-16-17-4-2-1-3-5-17/h1-5,18,20H,6-16H2. The summed E-state index contributed by atoms with van der Waals surface area (Å²) in [6.07, 6.45) is 3.13. The number of nitrogens with zero attached hydrogens (tertiary/aromatic N) is 2. The first-order chi connectivity index (χ1) is 11.8. The molecule has 1 N–H and O–H groups in total. The number of nitrogens with one attached hydrogen (secondary N) is 1. The molecule has 0 spiro atoms. The van der Waals surface area contributed by atoms with E-state index >= 15 is 0 Å². The van der Waals surface area contributed by atoms with Crippen LogP contribution in [0.3, 0.4) is 0 Å². The van der Waals surface area contributed by atoms with Crippen LogP contribution in [0.1, 0.15) is 24.8 Å². The maximum atomic E-state index is 12.2. The number of piperazine rings is 1. The molecule has 0 atom stereocenters. The Morgan fingerprint density at radius 2 is 1.79 bits per heavy atom. The van der Waals surface area contributed by atoms with Gasteiger partial charge < -0.3 is 19.9 Å². The summed E-state index contributed by atoms with van der Waals surface area (Å²) in [6, 6.07) is 10.4. The van der Waals surface area contributed by atoms with E-state index in [4.69, 9.17) is 4.74 Å². The number of amides is 1. The topological polar surface area (TPSA) is 44.8 Å². The van der Waals surface area contributed by atoms with Gasteiger partial charge in [0.15, 0.2) is 0 Å². The lowest BCUT2D eigenvalue weighted by Crippen LogP contribution is -2.47. The fraction of sp³-hybridized carbons (Fsp3) is 0.632. The Kier molecular flexibility index (Phi) is 6.64. The average molecular weight is 331 g/mol. The van der Waals surface area contributed by atoms with Gasteiger partial charge in [0.2, 0.25) is 5.91 Å². The largest absolute Gasteiger partial charge is 0.373 e. The van der Waals surface area contributed by atoms with Crippen LogP contribution in [0, 0.1) is 0 Å². The molecule has 2 aliphatic rings. The fourth-order valence-corrected chi connectivity index (χ4v) is 3.41. The highest BCUT2D eigenvalue weighted by Gasteiger charge is 2.21. The Labute approximate surface area is 145 Å². The first-order valence-corrected chi connectivity index (χ1v) is 9.17. The maximum absolute atomic E-state index is 12.2. The van der Waals surface area contributed by atoms with Crippen LogP contribution in [-0.2, 0) is 16.1 Å². The van der Waals surface area contributed by atoms with Gasteiger partial charge in [0.05, 0.1) is 12.7 Å². The van der Waals surface area contributed by atoms with Gasteiger partial charge >= 0.3 is 0 Å². The van der Waals surface area contributed by atoms with Gasteiger partial charge in [-0.3, -0.25) is 4.79 Å². The van der Waals surface area contributed by atoms with Crippen LogP contribution in [0.4, 0.5) is 0 Å². The third-order valence-corrected chi connectivity index (χ3v) is 4.97. The van der Waals surface area contributed by atoms with Gasteiger partial charge in [-0.15, -0.1) is 0 Å². The molecule has 3 rings (SSSR count). The zero-order chi connectivity index (χ0) is 16.6. The number of benzene rings is 1. The summed E-state index contributed by atoms with van der Waals surface area (Å²) in [6.45, 7) is 7.22. The number of likely N-dealkylation sites (tertiary alicyclic amines) is 1. The van der Waals surface area contributed by atoms with Crippen LogP contribution in [0.25, 0.3) is 0 Å². The average Bonchev–Trinajstić information content (AvgIpc) is 2.67. The molecule has 5 nitrogen and oxygen atoms in total. The zero-order valence-corrected chi connectivity index (χ0v) is 14.5. The highest BCUT2D eigenvalue weighted by Crippen LogP contribution is 2.16. The van der Waals surface area contributed by atoms with E-state index in [0.717, 1.165) is 58.7 Å². The molecule has 2 aliphatic heterocycles. The second-order valence-corrected chi connectivity index (χ2v) is 6.72. The van der Waals surface area contributed by atoms with Gasteiger partial charge in [-0.2, -0.15) is 0 Å². The number of carbonyl (C=O) groups excluding carboxylic acids is 1. The minimum absolute atomic E-state index is 0.305. The quantitative estimate of drug-likeness (QED) is 0.858. The Hall–Kier alpha value is -1.43. The van der Waals surface area contributed by atoms with E-state index in [2.05, 4.69) is 34.5 Å². The highest BCUT2D eigenvalue weighted by molar-refractivity contribution is 5.76. The lowest BCUT2D eigenvalue weighted by atomic mass is 10.1. The fourth-order valence-electron chi connectivity index (χ4n) is 3.41. The summed E-state index contributed by atoms with van der Waals surface area (Å²) in [5.41, 5.74) is 1.24. The molecule has 0 bridgehead atoms. The molecule has 2 saturated heterocycles. The summed E-state index contributed by atoms with van der Waals surface area (Å²) in [5.74, 6) is 0.305. The van der Waals surface area contributed by atoms with Crippen LogP contribution in [-0.4, -0.2) is 67.6 Å². The number of carbonyl (C=O) groups is 1. The van der Waals surface area contributed by atoms with Gasteiger partial charge in [0.1, 0.15) is 0 Å². The predicted octanol–water partition coefficient (Wildman–Crippen LogP) is 1.49. The third kappa shape index (κ3) is 5.30. The number of hydrogen-bond acceptors (Lipinski definition) is 4. The van der Waals surface area contributed by atoms with E-state index in [1.54, 1.807) is 0 Å². The predicted molar refractivity (Wildman–Crippen MR) is 94.8 cm³/mol. The summed E-state index contributed by atoms with van der Waals surface area (Å²) < 4.78 is 6.03. The summed E-state index contributed by atoms with van der Waals surface area (Å²) in [5, 5.41) is 3.29. The number of rotatable bonds is 6. The van der Waals surface area contributed by atoms with Crippen molar-refractivity contribution >= 4 is 5.91 Å². The summed E-state index contributed by atoms with van der Waals surface area (Å²) in [4.78, 5) is 16.6. The van der Waals surface area contributed by atoms with Crippen molar-refractivity contribution in [1.82, 2.24) is 15.1 Å². The van der Waals surface area contributed by atoms with Crippen molar-refractivity contribution in [1.29, 1.82) is 0 Å². The lowest BCUT2D eigenvalue weighted by Gasteiger charge is -2.33. The van der Waals surface area contributed by atoms with Crippen LogP contribution < -0.4 is 5.32 Å². The lowest BCUT2D eigenvalue weighted by molar-refractivity contribution is -0.132. The van der Waals surface area contributed by atoms with Gasteiger partial charge in [-0.25, -0.2) is 0 Å². The Morgan fingerprint density at radius 3 is 2.50 bits per heavy atom. The monoisotopic (exact) mass is 331 g/mol. The van der Waals surface area contributed by atoms with Crippen molar-refractivity contribution in [2.75, 3.05) is 45.8 Å². The number of hydrogen-bond donors (Lipinski definition) is 1. The van der Waals surface area contributed by atoms with Crippen molar-refractivity contribution in [2.45, 2.75) is 32.0 Å². The smallest absolute Gasteiger partial charge is 0.223 e. The van der Waals surface area contributed by atoms with E-state index in [9.17, 15) is 4.79 Å². The van der Waals surface area contributed by atoms with E-state index in [1.165, 1.54) is 5.56 Å². The van der Waals surface area contributed by atoms with E-state index in [-0.39, 0.29) is 0 Å². The first-order valence-electron chi connectivity index (χ1n) is 9.17. The number of piperidine rings is 1. The van der Waals surface area contributed by atoms with Crippen LogP contribution in [0.2, 0.25) is 0 Å². The second-order valence-electron chi connectivity index (χ2n) is 6.72. The second kappa shape index (κ2) is 9.16. The molecular formula is C19H29N3O2. The van der Waals surface area contributed by atoms with E-state index < -0.39 is 0 Å². The molecule has 5 heteroatoms. The minimum atomic E-state index is 0.305. The van der Waals surface area contributed by atoms with E-state index in [1.807, 2.05) is 11.0 Å². The molecule has 0 aliphatic carbocycles. The van der Waals surface area contributed by atoms with Crippen molar-refractivity contribution in [2.24, 2.45) is 0 Å². The van der Waals surface area contributed by atoms with Crippen LogP contribution in [0.15, 0.2) is 30.3 Å². The molecule has 0 aromatic heterocycles. The Bertz CT molecular complexity index is 495. The molecule has 132 valence electrons. The molecule has 2 heterocycles. The third-order valence-electron chi connectivity index (χ3n) is 4.97. The Balaban J connectivity index is 1.31. The molecule has 2 fully saturated rings. The Morgan fingerprint density at radius 1 is 1.08 bits per heavy atom. The van der Waals surface area contributed by atoms with Crippen LogP contribution in [0.5, 0.6) is 0 Å². The molecule has 1 amide bonds. The molecule has 24 heavy (non-hydrogen) atoms. The zero-order valence-electron chi connectivity index (χ0n) is 14.5. The van der Waals surface area contributed by atoms with Crippen molar-refractivity contribution in [3.05, 3.63) is 35.9 Å². The molecule has 1 aromatic rings. The van der Waals surface area contributed by atoms with Gasteiger partial charge in [0, 0.05) is 52.2 Å². The number of ether oxygens (including phenoxy) is 1. The normalized spacial score (nSPS) is 20.2. The van der Waals surface area contributed by atoms with Crippen molar-refractivity contribution in [3.63, 3.8) is 0 Å². The van der Waals surface area contributed by atoms with Gasteiger partial charge in [0.25, 0.3) is 0 Å². The first kappa shape index (κ1) is 17.4. The maximum Gasteiger partial charge on any atom is 0.223 e. The van der Waals surface area contributed by atoms with Crippen molar-refractivity contribution in [3.8, 4) is 0 Å². The summed E-state index contributed by atoms with van der Waals surface area (Å²) >= 11 is 0. The van der Waals surface area contributed by atoms with Gasteiger partial charge in [-0.05, 0) is 18.4 Å². The molecule has 0 radical (unpaired) electrons. The van der Waals surface area contributed by atoms with Crippen LogP contribution >= 0.6 is 0 Å². The van der Waals surface area contributed by atoms with Gasteiger partial charge in [-0.1, -0.05) is 30.3 Å². The van der Waals surface area contributed by atoms with Crippen molar-refractivity contribution < 1.29 is 9.53 Å². The molecule has 0 unspecified atom stereocenters. The summed E-state index contributed by atoms with van der Waals surface area (Å²) in [7, 11) is 0. The highest BCUT2D eigenvalue weighted by atomic mass is 16.5. The minimum Gasteiger partial charge on any atom is -0.373 e.